The number of hydrogen-bond acceptors (Lipinski definition) is 2. The molecule has 3 rings (SSSR count). The first kappa shape index (κ1) is 14.6. The quantitative estimate of drug-likeness (QED) is 0.715. The lowest BCUT2D eigenvalue weighted by Crippen LogP contribution is -1.90. The Labute approximate surface area is 129 Å². The summed E-state index contributed by atoms with van der Waals surface area (Å²) in [5.41, 5.74) is 4.25. The Morgan fingerprint density at radius 2 is 1.85 bits per heavy atom. The van der Waals surface area contributed by atoms with Gasteiger partial charge in [0.15, 0.2) is 0 Å². The van der Waals surface area contributed by atoms with Crippen LogP contribution in [0.1, 0.15) is 12.6 Å². The van der Waals surface area contributed by atoms with E-state index in [4.69, 9.17) is 4.74 Å². The maximum atomic E-state index is 5.45. The van der Waals surface area contributed by atoms with Crippen LogP contribution in [0, 0.1) is 6.92 Å². The summed E-state index contributed by atoms with van der Waals surface area (Å²) < 4.78 is 7.55. The Morgan fingerprint density at radius 1 is 1.10 bits per heavy atom. The number of rotatable bonds is 3. The molecule has 0 N–H and O–H groups in total. The topological polar surface area (TPSA) is 26.5 Å². The number of nitrogens with zero attached hydrogens (tertiary/aromatic N) is 2. The Hall–Kier alpha value is -1.81. The molecule has 0 aliphatic heterocycles. The van der Waals surface area contributed by atoms with Gasteiger partial charge in [0.2, 0.25) is 0 Å². The molecule has 2 aromatic heterocycles. The third kappa shape index (κ3) is 2.70. The zero-order chi connectivity index (χ0) is 13.2. The molecular formula is C16H17BrN2O. The van der Waals surface area contributed by atoms with Crippen LogP contribution >= 0.6 is 17.0 Å². The second-order valence-corrected chi connectivity index (χ2v) is 4.48. The highest BCUT2D eigenvalue weighted by Crippen LogP contribution is 2.22. The Kier molecular flexibility index (Phi) is 4.45. The summed E-state index contributed by atoms with van der Waals surface area (Å²) >= 11 is 0. The predicted molar refractivity (Wildman–Crippen MR) is 86.9 cm³/mol. The fraction of sp³-hybridized carbons (Fsp3) is 0.188. The van der Waals surface area contributed by atoms with E-state index in [-0.39, 0.29) is 17.0 Å². The van der Waals surface area contributed by atoms with Gasteiger partial charge < -0.3 is 9.14 Å². The van der Waals surface area contributed by atoms with E-state index < -0.39 is 0 Å². The lowest BCUT2D eigenvalue weighted by molar-refractivity contribution is 0.340. The molecule has 0 saturated heterocycles. The molecule has 0 bridgehead atoms. The van der Waals surface area contributed by atoms with Gasteiger partial charge >= 0.3 is 0 Å². The summed E-state index contributed by atoms with van der Waals surface area (Å²) in [6, 6.07) is 14.2. The van der Waals surface area contributed by atoms with Crippen LogP contribution in [-0.2, 0) is 0 Å². The van der Waals surface area contributed by atoms with Gasteiger partial charge in [0, 0.05) is 17.5 Å². The van der Waals surface area contributed by atoms with E-state index in [1.807, 2.05) is 43.3 Å². The zero-order valence-corrected chi connectivity index (χ0v) is 13.2. The minimum absolute atomic E-state index is 0. The second-order valence-electron chi connectivity index (χ2n) is 4.48. The number of benzene rings is 1. The first-order chi connectivity index (χ1) is 9.28. The molecule has 3 aromatic rings. The summed E-state index contributed by atoms with van der Waals surface area (Å²) in [4.78, 5) is 4.64. The molecule has 0 amide bonds. The molecule has 3 nitrogen and oxygen atoms in total. The molecule has 0 atom stereocenters. The van der Waals surface area contributed by atoms with Crippen LogP contribution in [0.4, 0.5) is 0 Å². The minimum atomic E-state index is 0. The van der Waals surface area contributed by atoms with Crippen molar-refractivity contribution < 1.29 is 4.74 Å². The molecule has 1 aromatic carbocycles. The third-order valence-corrected chi connectivity index (χ3v) is 3.16. The predicted octanol–water partition coefficient (Wildman–Crippen LogP) is 4.29. The number of ether oxygens (including phenoxy) is 1. The third-order valence-electron chi connectivity index (χ3n) is 3.16. The van der Waals surface area contributed by atoms with Gasteiger partial charge in [0.25, 0.3) is 0 Å². The van der Waals surface area contributed by atoms with Crippen molar-refractivity contribution in [3.63, 3.8) is 0 Å². The summed E-state index contributed by atoms with van der Waals surface area (Å²) in [6.07, 6.45) is 2.07. The van der Waals surface area contributed by atoms with Gasteiger partial charge in [0.1, 0.15) is 11.4 Å². The summed E-state index contributed by atoms with van der Waals surface area (Å²) in [5.74, 6) is 0.895. The number of aromatic nitrogens is 2. The summed E-state index contributed by atoms with van der Waals surface area (Å²) in [5, 5.41) is 0. The molecule has 0 aliphatic carbocycles. The molecule has 4 heteroatoms. The van der Waals surface area contributed by atoms with Gasteiger partial charge in [-0.15, -0.1) is 17.0 Å². The molecule has 0 saturated carbocycles. The number of imidazole rings is 1. The van der Waals surface area contributed by atoms with Gasteiger partial charge in [-0.3, -0.25) is 0 Å². The van der Waals surface area contributed by atoms with Crippen molar-refractivity contribution in [2.24, 2.45) is 0 Å². The first-order valence-corrected chi connectivity index (χ1v) is 6.46. The zero-order valence-electron chi connectivity index (χ0n) is 11.5. The molecule has 2 heterocycles. The maximum absolute atomic E-state index is 5.45. The highest BCUT2D eigenvalue weighted by atomic mass is 79.9. The Balaban J connectivity index is 0.00000147. The monoisotopic (exact) mass is 332 g/mol. The smallest absolute Gasteiger partial charge is 0.137 e. The molecule has 0 spiro atoms. The van der Waals surface area contributed by atoms with E-state index in [1.165, 1.54) is 5.69 Å². The van der Waals surface area contributed by atoms with E-state index >= 15 is 0 Å². The number of halogens is 1. The lowest BCUT2D eigenvalue weighted by Gasteiger charge is -2.02. The summed E-state index contributed by atoms with van der Waals surface area (Å²) in [7, 11) is 0. The van der Waals surface area contributed by atoms with Crippen LogP contribution in [0.15, 0.2) is 48.7 Å². The first-order valence-electron chi connectivity index (χ1n) is 6.46. The van der Waals surface area contributed by atoms with Crippen molar-refractivity contribution in [2.45, 2.75) is 13.8 Å². The number of fused-ring (bicyclic) bond motifs is 1. The Morgan fingerprint density at radius 3 is 2.50 bits per heavy atom. The van der Waals surface area contributed by atoms with Gasteiger partial charge in [-0.25, -0.2) is 4.98 Å². The van der Waals surface area contributed by atoms with Crippen LogP contribution < -0.4 is 4.74 Å². The van der Waals surface area contributed by atoms with Crippen LogP contribution in [0.2, 0.25) is 0 Å². The van der Waals surface area contributed by atoms with Crippen molar-refractivity contribution >= 4 is 22.6 Å². The van der Waals surface area contributed by atoms with Crippen molar-refractivity contribution in [1.82, 2.24) is 9.38 Å². The summed E-state index contributed by atoms with van der Waals surface area (Å²) in [6.45, 7) is 4.75. The van der Waals surface area contributed by atoms with E-state index in [2.05, 4.69) is 28.6 Å². The number of pyridine rings is 1. The van der Waals surface area contributed by atoms with Crippen LogP contribution in [0.5, 0.6) is 5.75 Å². The molecule has 0 aliphatic rings. The van der Waals surface area contributed by atoms with Gasteiger partial charge in [-0.2, -0.15) is 0 Å². The van der Waals surface area contributed by atoms with Crippen molar-refractivity contribution in [1.29, 1.82) is 0 Å². The SMILES string of the molecule is Br.CCOc1ccc(-c2cn3c(C)cccc3n2)cc1. The van der Waals surface area contributed by atoms with E-state index in [0.717, 1.165) is 22.7 Å². The van der Waals surface area contributed by atoms with Gasteiger partial charge in [-0.1, -0.05) is 6.07 Å². The number of hydrogen-bond donors (Lipinski definition) is 0. The van der Waals surface area contributed by atoms with E-state index in [1.54, 1.807) is 0 Å². The fourth-order valence-corrected chi connectivity index (χ4v) is 2.18. The maximum Gasteiger partial charge on any atom is 0.137 e. The van der Waals surface area contributed by atoms with Crippen molar-refractivity contribution in [3.8, 4) is 17.0 Å². The van der Waals surface area contributed by atoms with Crippen molar-refractivity contribution in [2.75, 3.05) is 6.61 Å². The van der Waals surface area contributed by atoms with Crippen LogP contribution in [0.25, 0.3) is 16.9 Å². The largest absolute Gasteiger partial charge is 0.494 e. The average Bonchev–Trinajstić information content (AvgIpc) is 2.85. The van der Waals surface area contributed by atoms with Crippen LogP contribution in [-0.4, -0.2) is 16.0 Å². The van der Waals surface area contributed by atoms with E-state index in [0.29, 0.717) is 6.61 Å². The van der Waals surface area contributed by atoms with Crippen molar-refractivity contribution in [3.05, 3.63) is 54.4 Å². The Bertz CT molecular complexity index is 704. The molecule has 0 radical (unpaired) electrons. The average molecular weight is 333 g/mol. The highest BCUT2D eigenvalue weighted by Gasteiger charge is 2.05. The molecule has 0 unspecified atom stereocenters. The van der Waals surface area contributed by atoms with Gasteiger partial charge in [0.05, 0.1) is 12.3 Å². The molecular weight excluding hydrogens is 316 g/mol. The highest BCUT2D eigenvalue weighted by molar-refractivity contribution is 8.93. The second kappa shape index (κ2) is 6.09. The standard InChI is InChI=1S/C16H16N2O.BrH/c1-3-19-14-9-7-13(8-10-14)15-11-18-12(2)5-4-6-16(18)17-15;/h4-11H,3H2,1-2H3;1H. The molecule has 0 fully saturated rings. The normalized spacial score (nSPS) is 10.3. The molecule has 104 valence electrons. The van der Waals surface area contributed by atoms with E-state index in [9.17, 15) is 0 Å². The minimum Gasteiger partial charge on any atom is -0.494 e. The number of aryl methyl sites for hydroxylation is 1. The lowest BCUT2D eigenvalue weighted by atomic mass is 10.2. The van der Waals surface area contributed by atoms with Crippen LogP contribution in [0.3, 0.4) is 0 Å². The molecule has 20 heavy (non-hydrogen) atoms. The van der Waals surface area contributed by atoms with Gasteiger partial charge in [-0.05, 0) is 50.2 Å². The fourth-order valence-electron chi connectivity index (χ4n) is 2.18.